The maximum absolute atomic E-state index is 12.8. The third kappa shape index (κ3) is 5.39. The first-order valence-electron chi connectivity index (χ1n) is 6.76. The van der Waals surface area contributed by atoms with Gasteiger partial charge >= 0.3 is 5.97 Å². The molecular formula is C15H22FNO2. The van der Waals surface area contributed by atoms with Gasteiger partial charge in [-0.15, -0.1) is 0 Å². The van der Waals surface area contributed by atoms with Gasteiger partial charge in [0.05, 0.1) is 0 Å². The number of hydrogen-bond acceptors (Lipinski definition) is 2. The van der Waals surface area contributed by atoms with Gasteiger partial charge in [0.2, 0.25) is 0 Å². The van der Waals surface area contributed by atoms with Crippen molar-refractivity contribution in [3.05, 3.63) is 35.6 Å². The van der Waals surface area contributed by atoms with E-state index in [1.165, 1.54) is 12.1 Å². The van der Waals surface area contributed by atoms with Crippen LogP contribution in [0.1, 0.15) is 44.6 Å². The fourth-order valence-electron chi connectivity index (χ4n) is 1.95. The van der Waals surface area contributed by atoms with Gasteiger partial charge in [-0.25, -0.2) is 4.39 Å². The summed E-state index contributed by atoms with van der Waals surface area (Å²) in [6.07, 6.45) is 2.52. The van der Waals surface area contributed by atoms with Crippen molar-refractivity contribution in [2.24, 2.45) is 0 Å². The van der Waals surface area contributed by atoms with Crippen molar-refractivity contribution in [1.82, 2.24) is 5.32 Å². The fourth-order valence-corrected chi connectivity index (χ4v) is 1.95. The Morgan fingerprint density at radius 1 is 1.37 bits per heavy atom. The summed E-state index contributed by atoms with van der Waals surface area (Å²) in [6.45, 7) is 4.62. The maximum Gasteiger partial charge on any atom is 0.320 e. The molecule has 1 aromatic carbocycles. The third-order valence-electron chi connectivity index (χ3n) is 3.25. The van der Waals surface area contributed by atoms with Crippen molar-refractivity contribution in [1.29, 1.82) is 0 Å². The number of carboxylic acids is 1. The van der Waals surface area contributed by atoms with Crippen LogP contribution in [0.15, 0.2) is 24.3 Å². The SMILES string of the molecule is CCCCC(NCC(C)c1ccc(F)cc1)C(=O)O. The zero-order valence-electron chi connectivity index (χ0n) is 11.5. The number of hydrogen-bond donors (Lipinski definition) is 2. The number of aliphatic carboxylic acids is 1. The normalized spacial score (nSPS) is 14.1. The first-order chi connectivity index (χ1) is 9.04. The van der Waals surface area contributed by atoms with Crippen LogP contribution in [0.5, 0.6) is 0 Å². The number of benzene rings is 1. The molecule has 19 heavy (non-hydrogen) atoms. The first kappa shape index (κ1) is 15.6. The molecule has 0 bridgehead atoms. The number of halogens is 1. The summed E-state index contributed by atoms with van der Waals surface area (Å²) in [6, 6.07) is 5.84. The molecule has 106 valence electrons. The highest BCUT2D eigenvalue weighted by atomic mass is 19.1. The molecule has 3 nitrogen and oxygen atoms in total. The van der Waals surface area contributed by atoms with Crippen molar-refractivity contribution in [2.75, 3.05) is 6.54 Å². The fraction of sp³-hybridized carbons (Fsp3) is 0.533. The smallest absolute Gasteiger partial charge is 0.320 e. The summed E-state index contributed by atoms with van der Waals surface area (Å²) in [5, 5.41) is 12.2. The van der Waals surface area contributed by atoms with Crippen LogP contribution in [-0.4, -0.2) is 23.7 Å². The van der Waals surface area contributed by atoms with E-state index in [0.717, 1.165) is 18.4 Å². The van der Waals surface area contributed by atoms with Crippen LogP contribution in [-0.2, 0) is 4.79 Å². The summed E-state index contributed by atoms with van der Waals surface area (Å²) in [5.74, 6) is -0.904. The predicted molar refractivity (Wildman–Crippen MR) is 73.8 cm³/mol. The molecule has 0 radical (unpaired) electrons. The van der Waals surface area contributed by atoms with Crippen molar-refractivity contribution < 1.29 is 14.3 Å². The van der Waals surface area contributed by atoms with Gasteiger partial charge in [0.15, 0.2) is 0 Å². The largest absolute Gasteiger partial charge is 0.480 e. The van der Waals surface area contributed by atoms with E-state index in [2.05, 4.69) is 5.32 Å². The Kier molecular flexibility index (Phi) is 6.50. The van der Waals surface area contributed by atoms with Crippen LogP contribution in [0.4, 0.5) is 4.39 Å². The van der Waals surface area contributed by atoms with E-state index in [1.54, 1.807) is 12.1 Å². The molecule has 1 aromatic rings. The molecule has 1 rings (SSSR count). The summed E-state index contributed by atoms with van der Waals surface area (Å²) < 4.78 is 12.8. The highest BCUT2D eigenvalue weighted by Crippen LogP contribution is 2.15. The minimum absolute atomic E-state index is 0.157. The van der Waals surface area contributed by atoms with Crippen molar-refractivity contribution in [3.8, 4) is 0 Å². The molecule has 2 atom stereocenters. The van der Waals surface area contributed by atoms with Gasteiger partial charge < -0.3 is 10.4 Å². The molecule has 2 unspecified atom stereocenters. The van der Waals surface area contributed by atoms with E-state index < -0.39 is 12.0 Å². The zero-order valence-corrected chi connectivity index (χ0v) is 11.5. The molecule has 2 N–H and O–H groups in total. The lowest BCUT2D eigenvalue weighted by Gasteiger charge is -2.18. The van der Waals surface area contributed by atoms with E-state index in [-0.39, 0.29) is 11.7 Å². The Morgan fingerprint density at radius 3 is 2.53 bits per heavy atom. The summed E-state index contributed by atoms with van der Waals surface area (Å²) in [5.41, 5.74) is 1.01. The number of carbonyl (C=O) groups is 1. The minimum Gasteiger partial charge on any atom is -0.480 e. The molecule has 4 heteroatoms. The molecule has 0 aliphatic rings. The number of unbranched alkanes of at least 4 members (excludes halogenated alkanes) is 1. The van der Waals surface area contributed by atoms with Crippen molar-refractivity contribution in [3.63, 3.8) is 0 Å². The molecule has 0 amide bonds. The quantitative estimate of drug-likeness (QED) is 0.760. The Hall–Kier alpha value is -1.42. The van der Waals surface area contributed by atoms with Crippen molar-refractivity contribution >= 4 is 5.97 Å². The molecular weight excluding hydrogens is 245 g/mol. The Labute approximate surface area is 113 Å². The van der Waals surface area contributed by atoms with Gasteiger partial charge in [0.1, 0.15) is 11.9 Å². The van der Waals surface area contributed by atoms with Gasteiger partial charge in [0, 0.05) is 6.54 Å². The molecule has 0 aliphatic carbocycles. The summed E-state index contributed by atoms with van der Waals surface area (Å²) >= 11 is 0. The van der Waals surface area contributed by atoms with Crippen LogP contribution in [0.2, 0.25) is 0 Å². The third-order valence-corrected chi connectivity index (χ3v) is 3.25. The van der Waals surface area contributed by atoms with E-state index in [0.29, 0.717) is 13.0 Å². The monoisotopic (exact) mass is 267 g/mol. The molecule has 0 saturated carbocycles. The van der Waals surface area contributed by atoms with E-state index in [9.17, 15) is 9.18 Å². The van der Waals surface area contributed by atoms with Gasteiger partial charge in [-0.2, -0.15) is 0 Å². The van der Waals surface area contributed by atoms with Crippen LogP contribution < -0.4 is 5.32 Å². The average molecular weight is 267 g/mol. The Balaban J connectivity index is 2.49. The lowest BCUT2D eigenvalue weighted by Crippen LogP contribution is -2.38. The van der Waals surface area contributed by atoms with Crippen LogP contribution >= 0.6 is 0 Å². The van der Waals surface area contributed by atoms with Crippen LogP contribution in [0.25, 0.3) is 0 Å². The maximum atomic E-state index is 12.8. The zero-order chi connectivity index (χ0) is 14.3. The van der Waals surface area contributed by atoms with E-state index in [1.807, 2.05) is 13.8 Å². The number of nitrogens with one attached hydrogen (secondary N) is 1. The second-order valence-corrected chi connectivity index (χ2v) is 4.89. The lowest BCUT2D eigenvalue weighted by atomic mass is 10.0. The minimum atomic E-state index is -0.806. The lowest BCUT2D eigenvalue weighted by molar-refractivity contribution is -0.139. The highest BCUT2D eigenvalue weighted by molar-refractivity contribution is 5.73. The van der Waals surface area contributed by atoms with Crippen LogP contribution in [0, 0.1) is 5.82 Å². The standard InChI is InChI=1S/C15H22FNO2/c1-3-4-5-14(15(18)19)17-10-11(2)12-6-8-13(16)9-7-12/h6-9,11,14,17H,3-5,10H2,1-2H3,(H,18,19). The van der Waals surface area contributed by atoms with Gasteiger partial charge in [-0.1, -0.05) is 38.8 Å². The second-order valence-electron chi connectivity index (χ2n) is 4.89. The van der Waals surface area contributed by atoms with Gasteiger partial charge in [0.25, 0.3) is 0 Å². The average Bonchev–Trinajstić information content (AvgIpc) is 2.39. The number of carboxylic acid groups (broad SMARTS) is 1. The molecule has 0 aliphatic heterocycles. The number of rotatable bonds is 8. The van der Waals surface area contributed by atoms with Crippen molar-refractivity contribution in [2.45, 2.75) is 45.1 Å². The van der Waals surface area contributed by atoms with Crippen LogP contribution in [0.3, 0.4) is 0 Å². The van der Waals surface area contributed by atoms with Gasteiger partial charge in [-0.05, 0) is 30.0 Å². The second kappa shape index (κ2) is 7.89. The highest BCUT2D eigenvalue weighted by Gasteiger charge is 2.17. The summed E-state index contributed by atoms with van der Waals surface area (Å²) in [7, 11) is 0. The molecule has 0 aromatic heterocycles. The summed E-state index contributed by atoms with van der Waals surface area (Å²) in [4.78, 5) is 11.1. The molecule has 0 saturated heterocycles. The first-order valence-corrected chi connectivity index (χ1v) is 6.76. The molecule has 0 heterocycles. The predicted octanol–water partition coefficient (Wildman–Crippen LogP) is 3.16. The van der Waals surface area contributed by atoms with E-state index in [4.69, 9.17) is 5.11 Å². The Morgan fingerprint density at radius 2 is 2.00 bits per heavy atom. The topological polar surface area (TPSA) is 49.3 Å². The molecule has 0 spiro atoms. The van der Waals surface area contributed by atoms with E-state index >= 15 is 0 Å². The van der Waals surface area contributed by atoms with Gasteiger partial charge in [-0.3, -0.25) is 4.79 Å². The Bertz CT molecular complexity index is 392. The molecule has 0 fully saturated rings.